The molecule has 0 unspecified atom stereocenters. The van der Waals surface area contributed by atoms with Gasteiger partial charge in [-0.1, -0.05) is 48.5 Å². The van der Waals surface area contributed by atoms with E-state index in [1.54, 1.807) is 18.5 Å². The van der Waals surface area contributed by atoms with Crippen LogP contribution >= 0.6 is 0 Å². The first-order valence-corrected chi connectivity index (χ1v) is 11.5. The van der Waals surface area contributed by atoms with Crippen molar-refractivity contribution in [3.63, 3.8) is 0 Å². The molecule has 0 atom stereocenters. The van der Waals surface area contributed by atoms with Crippen LogP contribution in [-0.4, -0.2) is 40.7 Å². The molecule has 0 N–H and O–H groups in total. The average Bonchev–Trinajstić information content (AvgIpc) is 3.30. The zero-order chi connectivity index (χ0) is 22.9. The smallest absolute Gasteiger partial charge is 0.150 e. The second-order valence-corrected chi connectivity index (χ2v) is 8.46. The highest BCUT2D eigenvalue weighted by atomic mass is 19.1. The molecular formula is C28H24FN5. The second-order valence-electron chi connectivity index (χ2n) is 8.46. The van der Waals surface area contributed by atoms with Crippen LogP contribution in [0, 0.1) is 5.82 Å². The molecular weight excluding hydrogens is 425 g/mol. The van der Waals surface area contributed by atoms with Crippen molar-refractivity contribution < 1.29 is 4.39 Å². The van der Waals surface area contributed by atoms with Crippen LogP contribution in [-0.2, 0) is 0 Å². The van der Waals surface area contributed by atoms with Crippen LogP contribution in [0.3, 0.4) is 0 Å². The molecule has 0 radical (unpaired) electrons. The molecule has 1 saturated heterocycles. The van der Waals surface area contributed by atoms with Crippen LogP contribution in [0.1, 0.15) is 0 Å². The fourth-order valence-corrected chi connectivity index (χ4v) is 4.74. The van der Waals surface area contributed by atoms with E-state index in [0.717, 1.165) is 59.8 Å². The summed E-state index contributed by atoms with van der Waals surface area (Å²) < 4.78 is 15.6. The maximum Gasteiger partial charge on any atom is 0.150 e. The third-order valence-corrected chi connectivity index (χ3v) is 6.45. The summed E-state index contributed by atoms with van der Waals surface area (Å²) in [5.74, 6) is 0.688. The Labute approximate surface area is 197 Å². The van der Waals surface area contributed by atoms with Gasteiger partial charge < -0.3 is 14.4 Å². The highest BCUT2D eigenvalue weighted by Crippen LogP contribution is 2.37. The zero-order valence-electron chi connectivity index (χ0n) is 18.7. The molecule has 5 nitrogen and oxygen atoms in total. The van der Waals surface area contributed by atoms with Crippen molar-refractivity contribution in [2.45, 2.75) is 0 Å². The topological polar surface area (TPSA) is 37.2 Å². The lowest BCUT2D eigenvalue weighted by molar-refractivity contribution is 0.627. The van der Waals surface area contributed by atoms with Crippen molar-refractivity contribution >= 4 is 22.5 Å². The molecule has 1 aliphatic heterocycles. The Morgan fingerprint density at radius 1 is 0.647 bits per heavy atom. The second kappa shape index (κ2) is 8.63. The van der Waals surface area contributed by atoms with Gasteiger partial charge in [-0.05, 0) is 42.0 Å². The predicted molar refractivity (Wildman–Crippen MR) is 135 cm³/mol. The Morgan fingerprint density at radius 3 is 2.00 bits per heavy atom. The van der Waals surface area contributed by atoms with Crippen molar-refractivity contribution in [2.75, 3.05) is 36.0 Å². The Kier molecular flexibility index (Phi) is 5.18. The number of halogens is 1. The summed E-state index contributed by atoms with van der Waals surface area (Å²) in [5, 5.41) is 1.02. The molecule has 3 heterocycles. The third-order valence-electron chi connectivity index (χ3n) is 6.45. The van der Waals surface area contributed by atoms with E-state index in [1.807, 2.05) is 28.8 Å². The van der Waals surface area contributed by atoms with Gasteiger partial charge >= 0.3 is 0 Å². The van der Waals surface area contributed by atoms with Crippen molar-refractivity contribution in [2.24, 2.45) is 0 Å². The number of aromatic nitrogens is 3. The van der Waals surface area contributed by atoms with Gasteiger partial charge in [-0.2, -0.15) is 0 Å². The first kappa shape index (κ1) is 20.4. The molecule has 168 valence electrons. The normalized spacial score (nSPS) is 14.0. The molecule has 0 spiro atoms. The van der Waals surface area contributed by atoms with Crippen molar-refractivity contribution in [1.29, 1.82) is 0 Å². The van der Waals surface area contributed by atoms with Gasteiger partial charge in [0.2, 0.25) is 0 Å². The van der Waals surface area contributed by atoms with E-state index >= 15 is 0 Å². The number of rotatable bonds is 4. The van der Waals surface area contributed by atoms with Gasteiger partial charge in [0.05, 0.1) is 5.39 Å². The van der Waals surface area contributed by atoms with Crippen LogP contribution < -0.4 is 9.80 Å². The number of nitrogens with zero attached hydrogens (tertiary/aromatic N) is 5. The minimum Gasteiger partial charge on any atom is -0.368 e. The molecule has 6 rings (SSSR count). The molecule has 3 aromatic carbocycles. The van der Waals surface area contributed by atoms with Crippen LogP contribution in [0.2, 0.25) is 0 Å². The van der Waals surface area contributed by atoms with Crippen molar-refractivity contribution in [3.8, 4) is 16.8 Å². The fourth-order valence-electron chi connectivity index (χ4n) is 4.74. The predicted octanol–water partition coefficient (Wildman–Crippen LogP) is 5.55. The third kappa shape index (κ3) is 3.67. The lowest BCUT2D eigenvalue weighted by atomic mass is 10.1. The van der Waals surface area contributed by atoms with E-state index < -0.39 is 0 Å². The maximum atomic E-state index is 13.6. The minimum atomic E-state index is -0.255. The molecule has 5 aromatic rings. The number of anilines is 2. The lowest BCUT2D eigenvalue weighted by Gasteiger charge is -2.37. The van der Waals surface area contributed by atoms with Gasteiger partial charge in [-0.15, -0.1) is 0 Å². The van der Waals surface area contributed by atoms with Crippen LogP contribution in [0.15, 0.2) is 97.5 Å². The summed E-state index contributed by atoms with van der Waals surface area (Å²) in [6.07, 6.45) is 3.72. The Morgan fingerprint density at radius 2 is 1.29 bits per heavy atom. The van der Waals surface area contributed by atoms with E-state index in [-0.39, 0.29) is 5.82 Å². The molecule has 0 saturated carbocycles. The lowest BCUT2D eigenvalue weighted by Crippen LogP contribution is -2.46. The number of hydrogen-bond donors (Lipinski definition) is 0. The molecule has 6 heteroatoms. The Hall–Kier alpha value is -4.19. The van der Waals surface area contributed by atoms with Crippen LogP contribution in [0.4, 0.5) is 15.9 Å². The van der Waals surface area contributed by atoms with Crippen LogP contribution in [0.5, 0.6) is 0 Å². The van der Waals surface area contributed by atoms with Gasteiger partial charge in [-0.25, -0.2) is 14.4 Å². The number of benzene rings is 3. The van der Waals surface area contributed by atoms with Crippen LogP contribution in [0.25, 0.3) is 27.8 Å². The first-order valence-electron chi connectivity index (χ1n) is 11.5. The Balaban J connectivity index is 1.43. The summed E-state index contributed by atoms with van der Waals surface area (Å²) in [6.45, 7) is 3.59. The van der Waals surface area contributed by atoms with E-state index in [9.17, 15) is 4.39 Å². The summed E-state index contributed by atoms with van der Waals surface area (Å²) in [5.41, 5.74) is 5.11. The van der Waals surface area contributed by atoms with Crippen molar-refractivity contribution in [1.82, 2.24) is 14.5 Å². The van der Waals surface area contributed by atoms with E-state index in [4.69, 9.17) is 4.98 Å². The van der Waals surface area contributed by atoms with E-state index in [0.29, 0.717) is 0 Å². The quantitative estimate of drug-likeness (QED) is 0.360. The van der Waals surface area contributed by atoms with Gasteiger partial charge in [0, 0.05) is 49.3 Å². The molecule has 1 fully saturated rings. The van der Waals surface area contributed by atoms with E-state index in [2.05, 4.69) is 57.4 Å². The number of piperazine rings is 1. The molecule has 34 heavy (non-hydrogen) atoms. The molecule has 0 aliphatic carbocycles. The summed E-state index contributed by atoms with van der Waals surface area (Å²) in [4.78, 5) is 14.2. The fraction of sp³-hybridized carbons (Fsp3) is 0.143. The highest BCUT2D eigenvalue weighted by Gasteiger charge is 2.24. The number of fused-ring (bicyclic) bond motifs is 1. The summed E-state index contributed by atoms with van der Waals surface area (Å²) in [6, 6.07) is 27.4. The molecule has 1 aliphatic rings. The van der Waals surface area contributed by atoms with Gasteiger partial charge in [-0.3, -0.25) is 0 Å². The Bertz CT molecular complexity index is 1410. The van der Waals surface area contributed by atoms with Gasteiger partial charge in [0.15, 0.2) is 5.65 Å². The van der Waals surface area contributed by atoms with Gasteiger partial charge in [0.25, 0.3) is 0 Å². The average molecular weight is 450 g/mol. The molecule has 0 amide bonds. The van der Waals surface area contributed by atoms with Crippen molar-refractivity contribution in [3.05, 3.63) is 103 Å². The minimum absolute atomic E-state index is 0.255. The van der Waals surface area contributed by atoms with E-state index in [1.165, 1.54) is 17.8 Å². The highest BCUT2D eigenvalue weighted by molar-refractivity contribution is 6.02. The summed E-state index contributed by atoms with van der Waals surface area (Å²) in [7, 11) is 0. The standard InChI is InChI=1S/C28H24FN5/c29-22-11-13-24(14-12-22)34-19-25(21-7-3-1-4-8-21)26-27(30-20-31-28(26)34)33-17-15-32(16-18-33)23-9-5-2-6-10-23/h1-14,19-20H,15-18H2. The zero-order valence-corrected chi connectivity index (χ0v) is 18.7. The maximum absolute atomic E-state index is 13.6. The number of para-hydroxylation sites is 1. The molecule has 0 bridgehead atoms. The first-order chi connectivity index (χ1) is 16.8. The summed E-state index contributed by atoms with van der Waals surface area (Å²) >= 11 is 0. The largest absolute Gasteiger partial charge is 0.368 e. The van der Waals surface area contributed by atoms with Gasteiger partial charge in [0.1, 0.15) is 18.0 Å². The number of hydrogen-bond acceptors (Lipinski definition) is 4. The molecule has 2 aromatic heterocycles. The monoisotopic (exact) mass is 449 g/mol. The SMILES string of the molecule is Fc1ccc(-n2cc(-c3ccccc3)c3c(N4CCN(c5ccccc5)CC4)ncnc32)cc1.